The largest absolute Gasteiger partial charge is 0.416 e. The smallest absolute Gasteiger partial charge is 0.330 e. The van der Waals surface area contributed by atoms with Crippen LogP contribution in [0.2, 0.25) is 0 Å². The van der Waals surface area contributed by atoms with E-state index in [9.17, 15) is 17.6 Å². The van der Waals surface area contributed by atoms with Crippen LogP contribution in [0.3, 0.4) is 0 Å². The summed E-state index contributed by atoms with van der Waals surface area (Å²) in [6, 6.07) is 2.40. The molecule has 0 saturated carbocycles. The summed E-state index contributed by atoms with van der Waals surface area (Å²) in [7, 11) is 0. The van der Waals surface area contributed by atoms with Crippen molar-refractivity contribution < 1.29 is 17.6 Å². The van der Waals surface area contributed by atoms with Gasteiger partial charge in [-0.2, -0.15) is 13.2 Å². The highest BCUT2D eigenvalue weighted by Gasteiger charge is 2.32. The van der Waals surface area contributed by atoms with Gasteiger partial charge in [0.1, 0.15) is 5.82 Å². The number of halogens is 5. The van der Waals surface area contributed by atoms with Crippen molar-refractivity contribution in [2.45, 2.75) is 12.6 Å². The molecule has 0 atom stereocenters. The Bertz CT molecular complexity index is 324. The average Bonchev–Trinajstić information content (AvgIpc) is 2.02. The second-order valence-corrected chi connectivity index (χ2v) is 2.84. The molecule has 0 aromatic heterocycles. The Balaban J connectivity index is 0.00000196. The van der Waals surface area contributed by atoms with Gasteiger partial charge in [-0.15, -0.1) is 12.4 Å². The zero-order chi connectivity index (χ0) is 10.8. The summed E-state index contributed by atoms with van der Waals surface area (Å²) in [5.41, 5.74) is 4.22. The molecule has 0 saturated heterocycles. The third-order valence-corrected chi connectivity index (χ3v) is 1.79. The molecule has 0 aliphatic heterocycles. The molecule has 0 fully saturated rings. The van der Waals surface area contributed by atoms with Crippen LogP contribution in [0.4, 0.5) is 17.6 Å². The summed E-state index contributed by atoms with van der Waals surface area (Å²) in [5, 5.41) is 0. The third kappa shape index (κ3) is 3.68. The first kappa shape index (κ1) is 14.2. The van der Waals surface area contributed by atoms with E-state index < -0.39 is 17.6 Å². The highest BCUT2D eigenvalue weighted by atomic mass is 35.5. The average molecular weight is 244 g/mol. The Hall–Kier alpha value is -0.810. The molecular weight excluding hydrogens is 234 g/mol. The van der Waals surface area contributed by atoms with Crippen LogP contribution in [0.25, 0.3) is 0 Å². The molecule has 1 aromatic carbocycles. The number of rotatable bonds is 2. The summed E-state index contributed by atoms with van der Waals surface area (Å²) in [6.45, 7) is 0.0620. The van der Waals surface area contributed by atoms with Gasteiger partial charge < -0.3 is 5.73 Å². The maximum absolute atomic E-state index is 12.7. The van der Waals surface area contributed by atoms with Gasteiger partial charge in [-0.05, 0) is 36.7 Å². The summed E-state index contributed by atoms with van der Waals surface area (Å²) >= 11 is 0. The van der Waals surface area contributed by atoms with E-state index in [0.29, 0.717) is 0 Å². The molecule has 2 N–H and O–H groups in total. The van der Waals surface area contributed by atoms with Crippen LogP contribution in [-0.2, 0) is 12.6 Å². The number of alkyl halides is 3. The van der Waals surface area contributed by atoms with Crippen molar-refractivity contribution in [2.24, 2.45) is 5.73 Å². The molecule has 0 unspecified atom stereocenters. The van der Waals surface area contributed by atoms with Crippen LogP contribution in [0.5, 0.6) is 0 Å². The van der Waals surface area contributed by atoms with Crippen molar-refractivity contribution in [1.29, 1.82) is 0 Å². The van der Waals surface area contributed by atoms with E-state index in [1.165, 1.54) is 0 Å². The fourth-order valence-corrected chi connectivity index (χ4v) is 1.20. The molecule has 86 valence electrons. The van der Waals surface area contributed by atoms with Gasteiger partial charge in [0.05, 0.1) is 5.56 Å². The minimum absolute atomic E-state index is 0. The lowest BCUT2D eigenvalue weighted by atomic mass is 10.0. The summed E-state index contributed by atoms with van der Waals surface area (Å²) in [6.07, 6.45) is -4.43. The highest BCUT2D eigenvalue weighted by Crippen LogP contribution is 2.32. The minimum Gasteiger partial charge on any atom is -0.330 e. The maximum Gasteiger partial charge on any atom is 0.416 e. The van der Waals surface area contributed by atoms with Crippen molar-refractivity contribution in [2.75, 3.05) is 6.54 Å². The monoisotopic (exact) mass is 243 g/mol. The van der Waals surface area contributed by atoms with Gasteiger partial charge in [-0.3, -0.25) is 0 Å². The van der Waals surface area contributed by atoms with Gasteiger partial charge in [0, 0.05) is 0 Å². The Morgan fingerprint density at radius 1 is 1.20 bits per heavy atom. The molecule has 0 spiro atoms. The summed E-state index contributed by atoms with van der Waals surface area (Å²) in [5.74, 6) is -0.679. The number of nitrogens with two attached hydrogens (primary N) is 1. The molecule has 0 bridgehead atoms. The Kier molecular flexibility index (Phi) is 5.03. The van der Waals surface area contributed by atoms with E-state index in [2.05, 4.69) is 0 Å². The fourth-order valence-electron chi connectivity index (χ4n) is 1.20. The molecule has 0 aliphatic carbocycles. The van der Waals surface area contributed by atoms with Gasteiger partial charge in [0.2, 0.25) is 0 Å². The SMILES string of the molecule is Cl.NCCc1cc(F)ccc1C(F)(F)F. The van der Waals surface area contributed by atoms with Crippen LogP contribution in [0.1, 0.15) is 11.1 Å². The Morgan fingerprint density at radius 3 is 2.27 bits per heavy atom. The minimum atomic E-state index is -4.45. The Labute approximate surface area is 90.7 Å². The zero-order valence-electron chi connectivity index (χ0n) is 7.64. The number of hydrogen-bond donors (Lipinski definition) is 1. The maximum atomic E-state index is 12.7. The first-order valence-corrected chi connectivity index (χ1v) is 4.01. The lowest BCUT2D eigenvalue weighted by molar-refractivity contribution is -0.138. The number of hydrogen-bond acceptors (Lipinski definition) is 1. The molecule has 0 amide bonds. The molecule has 1 aromatic rings. The van der Waals surface area contributed by atoms with Crippen LogP contribution >= 0.6 is 12.4 Å². The zero-order valence-corrected chi connectivity index (χ0v) is 8.46. The van der Waals surface area contributed by atoms with Crippen LogP contribution in [-0.4, -0.2) is 6.54 Å². The molecule has 0 aliphatic rings. The first-order valence-electron chi connectivity index (χ1n) is 4.01. The standard InChI is InChI=1S/C9H9F4N.ClH/c10-7-1-2-8(9(11,12)13)6(5-7)3-4-14;/h1-2,5H,3-4,14H2;1H. The quantitative estimate of drug-likeness (QED) is 0.795. The molecule has 15 heavy (non-hydrogen) atoms. The van der Waals surface area contributed by atoms with Crippen LogP contribution in [0.15, 0.2) is 18.2 Å². The molecule has 6 heteroatoms. The van der Waals surface area contributed by atoms with Crippen molar-refractivity contribution in [3.8, 4) is 0 Å². The van der Waals surface area contributed by atoms with Crippen LogP contribution in [0, 0.1) is 5.82 Å². The molecular formula is C9H10ClF4N. The van der Waals surface area contributed by atoms with Crippen LogP contribution < -0.4 is 5.73 Å². The molecule has 0 heterocycles. The van der Waals surface area contributed by atoms with Gasteiger partial charge in [0.25, 0.3) is 0 Å². The van der Waals surface area contributed by atoms with Gasteiger partial charge in [0.15, 0.2) is 0 Å². The van der Waals surface area contributed by atoms with Crippen molar-refractivity contribution >= 4 is 12.4 Å². The highest BCUT2D eigenvalue weighted by molar-refractivity contribution is 5.85. The third-order valence-electron chi connectivity index (χ3n) is 1.79. The summed E-state index contributed by atoms with van der Waals surface area (Å²) in [4.78, 5) is 0. The summed E-state index contributed by atoms with van der Waals surface area (Å²) < 4.78 is 49.7. The van der Waals surface area contributed by atoms with Crippen molar-refractivity contribution in [3.63, 3.8) is 0 Å². The van der Waals surface area contributed by atoms with E-state index in [1.54, 1.807) is 0 Å². The lowest BCUT2D eigenvalue weighted by Crippen LogP contribution is -2.12. The predicted octanol–water partition coefficient (Wildman–Crippen LogP) is 2.77. The van der Waals surface area contributed by atoms with Crippen molar-refractivity contribution in [1.82, 2.24) is 0 Å². The van der Waals surface area contributed by atoms with Gasteiger partial charge in [-0.1, -0.05) is 0 Å². The normalized spacial score (nSPS) is 11.0. The Morgan fingerprint density at radius 2 is 1.80 bits per heavy atom. The second-order valence-electron chi connectivity index (χ2n) is 2.84. The number of benzene rings is 1. The van der Waals surface area contributed by atoms with Gasteiger partial charge in [-0.25, -0.2) is 4.39 Å². The molecule has 0 radical (unpaired) electrons. The fraction of sp³-hybridized carbons (Fsp3) is 0.333. The predicted molar refractivity (Wildman–Crippen MR) is 51.4 cm³/mol. The van der Waals surface area contributed by atoms with E-state index in [-0.39, 0.29) is 30.9 Å². The van der Waals surface area contributed by atoms with Gasteiger partial charge >= 0.3 is 6.18 Å². The van der Waals surface area contributed by atoms with E-state index in [0.717, 1.165) is 18.2 Å². The lowest BCUT2D eigenvalue weighted by Gasteiger charge is -2.11. The van der Waals surface area contributed by atoms with E-state index in [4.69, 9.17) is 5.73 Å². The van der Waals surface area contributed by atoms with E-state index >= 15 is 0 Å². The second kappa shape index (κ2) is 5.32. The first-order chi connectivity index (χ1) is 6.45. The topological polar surface area (TPSA) is 26.0 Å². The van der Waals surface area contributed by atoms with E-state index in [1.807, 2.05) is 0 Å². The molecule has 1 rings (SSSR count). The van der Waals surface area contributed by atoms with Crippen molar-refractivity contribution in [3.05, 3.63) is 35.1 Å². The molecule has 1 nitrogen and oxygen atoms in total.